The predicted octanol–water partition coefficient (Wildman–Crippen LogP) is 3.82. The fourth-order valence-electron chi connectivity index (χ4n) is 2.53. The molecule has 0 saturated carbocycles. The Bertz CT molecular complexity index is 1030. The zero-order valence-electron chi connectivity index (χ0n) is 12.0. The van der Waals surface area contributed by atoms with Crippen molar-refractivity contribution in [3.8, 4) is 22.6 Å². The van der Waals surface area contributed by atoms with Crippen LogP contribution in [0, 0.1) is 0 Å². The number of aromatic hydroxyl groups is 1. The number of phenolic OH excluding ortho intramolecular Hbond substituents is 1. The van der Waals surface area contributed by atoms with Crippen LogP contribution in [-0.2, 0) is 0 Å². The van der Waals surface area contributed by atoms with Gasteiger partial charge in [0.2, 0.25) is 0 Å². The molecule has 0 spiro atoms. The standard InChI is InChI=1S/C18H12N2O2S/c21-14-8-6-13(7-9-14)20-11-19-16-15(10-23-17(16)18(20)22)12-4-2-1-3-5-12/h1-11,21H. The molecule has 2 heterocycles. The molecule has 0 unspecified atom stereocenters. The molecular formula is C18H12N2O2S. The molecule has 0 aliphatic rings. The van der Waals surface area contributed by atoms with Crippen LogP contribution in [0.15, 0.2) is 71.1 Å². The molecule has 0 bridgehead atoms. The average Bonchev–Trinajstić information content (AvgIpc) is 3.02. The average molecular weight is 320 g/mol. The first-order valence-electron chi connectivity index (χ1n) is 7.08. The number of aromatic nitrogens is 2. The summed E-state index contributed by atoms with van der Waals surface area (Å²) in [5, 5.41) is 11.3. The molecule has 5 heteroatoms. The summed E-state index contributed by atoms with van der Waals surface area (Å²) < 4.78 is 2.12. The van der Waals surface area contributed by atoms with Crippen molar-refractivity contribution in [1.82, 2.24) is 9.55 Å². The zero-order valence-corrected chi connectivity index (χ0v) is 12.8. The van der Waals surface area contributed by atoms with Gasteiger partial charge in [-0.05, 0) is 29.8 Å². The number of nitrogens with zero attached hydrogens (tertiary/aromatic N) is 2. The van der Waals surface area contributed by atoms with Crippen molar-refractivity contribution in [2.45, 2.75) is 0 Å². The molecule has 4 nitrogen and oxygen atoms in total. The Hall–Kier alpha value is -2.92. The summed E-state index contributed by atoms with van der Waals surface area (Å²) in [6.45, 7) is 0. The van der Waals surface area contributed by atoms with E-state index in [1.54, 1.807) is 24.3 Å². The summed E-state index contributed by atoms with van der Waals surface area (Å²) in [5.74, 6) is 0.165. The van der Waals surface area contributed by atoms with Crippen LogP contribution in [0.3, 0.4) is 0 Å². The SMILES string of the molecule is O=c1c2scc(-c3ccccc3)c2ncn1-c1ccc(O)cc1. The Morgan fingerprint density at radius 1 is 1.00 bits per heavy atom. The number of thiophene rings is 1. The minimum Gasteiger partial charge on any atom is -0.508 e. The molecule has 0 atom stereocenters. The van der Waals surface area contributed by atoms with Gasteiger partial charge in [-0.15, -0.1) is 11.3 Å². The van der Waals surface area contributed by atoms with Gasteiger partial charge in [-0.25, -0.2) is 4.98 Å². The molecule has 1 N–H and O–H groups in total. The maximum atomic E-state index is 12.7. The summed E-state index contributed by atoms with van der Waals surface area (Å²) in [6.07, 6.45) is 1.54. The number of phenols is 1. The van der Waals surface area contributed by atoms with E-state index in [1.807, 2.05) is 35.7 Å². The predicted molar refractivity (Wildman–Crippen MR) is 92.3 cm³/mol. The third-order valence-corrected chi connectivity index (χ3v) is 4.65. The highest BCUT2D eigenvalue weighted by atomic mass is 32.1. The molecule has 0 saturated heterocycles. The fraction of sp³-hybridized carbons (Fsp3) is 0. The summed E-state index contributed by atoms with van der Waals surface area (Å²) in [7, 11) is 0. The first-order valence-corrected chi connectivity index (χ1v) is 7.96. The van der Waals surface area contributed by atoms with Gasteiger partial charge >= 0.3 is 0 Å². The Labute approximate surface area is 135 Å². The first-order chi connectivity index (χ1) is 11.2. The number of benzene rings is 2. The van der Waals surface area contributed by atoms with Crippen molar-refractivity contribution in [2.75, 3.05) is 0 Å². The van der Waals surface area contributed by atoms with Gasteiger partial charge in [0.1, 0.15) is 16.8 Å². The van der Waals surface area contributed by atoms with E-state index in [4.69, 9.17) is 0 Å². The highest BCUT2D eigenvalue weighted by Crippen LogP contribution is 2.30. The quantitative estimate of drug-likeness (QED) is 0.611. The van der Waals surface area contributed by atoms with Gasteiger partial charge in [-0.3, -0.25) is 9.36 Å². The van der Waals surface area contributed by atoms with Gasteiger partial charge in [0.15, 0.2) is 0 Å². The van der Waals surface area contributed by atoms with E-state index in [2.05, 4.69) is 4.98 Å². The second-order valence-corrected chi connectivity index (χ2v) is 6.01. The lowest BCUT2D eigenvalue weighted by atomic mass is 10.1. The Balaban J connectivity index is 1.91. The molecule has 0 aliphatic carbocycles. The third-order valence-electron chi connectivity index (χ3n) is 3.69. The summed E-state index contributed by atoms with van der Waals surface area (Å²) in [6, 6.07) is 16.4. The van der Waals surface area contributed by atoms with Crippen molar-refractivity contribution >= 4 is 21.6 Å². The largest absolute Gasteiger partial charge is 0.508 e. The van der Waals surface area contributed by atoms with Gasteiger partial charge in [0, 0.05) is 10.9 Å². The molecule has 0 fully saturated rings. The second-order valence-electron chi connectivity index (χ2n) is 5.13. The summed E-state index contributed by atoms with van der Waals surface area (Å²) in [4.78, 5) is 17.2. The van der Waals surface area contributed by atoms with Gasteiger partial charge in [-0.2, -0.15) is 0 Å². The van der Waals surface area contributed by atoms with E-state index >= 15 is 0 Å². The van der Waals surface area contributed by atoms with Crippen molar-refractivity contribution in [1.29, 1.82) is 0 Å². The van der Waals surface area contributed by atoms with Crippen molar-refractivity contribution in [3.63, 3.8) is 0 Å². The van der Waals surface area contributed by atoms with Gasteiger partial charge < -0.3 is 5.11 Å². The van der Waals surface area contributed by atoms with E-state index in [1.165, 1.54) is 22.2 Å². The molecule has 2 aromatic carbocycles. The third kappa shape index (κ3) is 2.31. The van der Waals surface area contributed by atoms with Crippen LogP contribution in [0.25, 0.3) is 27.0 Å². The van der Waals surface area contributed by atoms with Crippen molar-refractivity contribution < 1.29 is 5.11 Å². The number of fused-ring (bicyclic) bond motifs is 1. The van der Waals surface area contributed by atoms with Gasteiger partial charge in [0.05, 0.1) is 11.2 Å². The summed E-state index contributed by atoms with van der Waals surface area (Å²) >= 11 is 1.40. The molecule has 2 aromatic heterocycles. The number of hydrogen-bond acceptors (Lipinski definition) is 4. The number of rotatable bonds is 2. The molecule has 0 radical (unpaired) electrons. The lowest BCUT2D eigenvalue weighted by Gasteiger charge is -2.05. The minimum absolute atomic E-state index is 0.104. The molecular weight excluding hydrogens is 308 g/mol. The van der Waals surface area contributed by atoms with Crippen LogP contribution in [-0.4, -0.2) is 14.7 Å². The highest BCUT2D eigenvalue weighted by Gasteiger charge is 2.13. The molecule has 23 heavy (non-hydrogen) atoms. The van der Waals surface area contributed by atoms with Crippen molar-refractivity contribution in [2.24, 2.45) is 0 Å². The maximum absolute atomic E-state index is 12.7. The van der Waals surface area contributed by atoms with Gasteiger partial charge in [0.25, 0.3) is 5.56 Å². The normalized spacial score (nSPS) is 11.0. The van der Waals surface area contributed by atoms with E-state index < -0.39 is 0 Å². The first kappa shape index (κ1) is 13.7. The van der Waals surface area contributed by atoms with Crippen LogP contribution < -0.4 is 5.56 Å². The van der Waals surface area contributed by atoms with Crippen LogP contribution in [0.2, 0.25) is 0 Å². The van der Waals surface area contributed by atoms with Crippen LogP contribution in [0.5, 0.6) is 5.75 Å². The van der Waals surface area contributed by atoms with E-state index in [0.29, 0.717) is 10.4 Å². The number of hydrogen-bond donors (Lipinski definition) is 1. The minimum atomic E-state index is -0.104. The van der Waals surface area contributed by atoms with Crippen LogP contribution in [0.4, 0.5) is 0 Å². The smallest absolute Gasteiger partial charge is 0.275 e. The van der Waals surface area contributed by atoms with E-state index in [9.17, 15) is 9.90 Å². The maximum Gasteiger partial charge on any atom is 0.275 e. The van der Waals surface area contributed by atoms with Crippen LogP contribution >= 0.6 is 11.3 Å². The van der Waals surface area contributed by atoms with E-state index in [-0.39, 0.29) is 11.3 Å². The second kappa shape index (κ2) is 5.37. The Morgan fingerprint density at radius 3 is 2.48 bits per heavy atom. The Morgan fingerprint density at radius 2 is 1.74 bits per heavy atom. The lowest BCUT2D eigenvalue weighted by molar-refractivity contribution is 0.475. The van der Waals surface area contributed by atoms with Gasteiger partial charge in [-0.1, -0.05) is 30.3 Å². The van der Waals surface area contributed by atoms with Crippen LogP contribution in [0.1, 0.15) is 0 Å². The molecule has 4 aromatic rings. The van der Waals surface area contributed by atoms with E-state index in [0.717, 1.165) is 16.6 Å². The summed E-state index contributed by atoms with van der Waals surface area (Å²) in [5.41, 5.74) is 3.32. The zero-order chi connectivity index (χ0) is 15.8. The molecule has 0 amide bonds. The van der Waals surface area contributed by atoms with Crippen molar-refractivity contribution in [3.05, 3.63) is 76.7 Å². The fourth-order valence-corrected chi connectivity index (χ4v) is 3.49. The molecule has 4 rings (SSSR count). The topological polar surface area (TPSA) is 55.1 Å². The lowest BCUT2D eigenvalue weighted by Crippen LogP contribution is -2.17. The molecule has 0 aliphatic heterocycles. The highest BCUT2D eigenvalue weighted by molar-refractivity contribution is 7.17. The monoisotopic (exact) mass is 320 g/mol. The Kier molecular flexibility index (Phi) is 3.20. The molecule has 112 valence electrons.